The van der Waals surface area contributed by atoms with Crippen molar-refractivity contribution < 1.29 is 9.53 Å². The molecule has 0 aliphatic carbocycles. The number of morpholine rings is 1. The van der Waals surface area contributed by atoms with Crippen LogP contribution in [0.15, 0.2) is 48.8 Å². The van der Waals surface area contributed by atoms with Crippen LogP contribution in [0.5, 0.6) is 0 Å². The summed E-state index contributed by atoms with van der Waals surface area (Å²) in [6, 6.07) is 12.5. The standard InChI is InChI=1S/C21H25N3O2/c1-15-4-6-16(7-5-15)12-24-13-18-9-19(20(14-24)26-18)21(25)23-11-17-3-2-8-22-10-17/h2-8,10,18-20H,9,11-14H2,1H3,(H,23,25)/t18-,19+,20-/m1/s1. The van der Waals surface area contributed by atoms with E-state index >= 15 is 0 Å². The van der Waals surface area contributed by atoms with Crippen molar-refractivity contribution in [3.05, 3.63) is 65.5 Å². The summed E-state index contributed by atoms with van der Waals surface area (Å²) in [5, 5.41) is 3.05. The monoisotopic (exact) mass is 351 g/mol. The van der Waals surface area contributed by atoms with Crippen molar-refractivity contribution in [3.63, 3.8) is 0 Å². The molecule has 0 radical (unpaired) electrons. The first kappa shape index (κ1) is 17.2. The Labute approximate surface area is 154 Å². The highest BCUT2D eigenvalue weighted by Crippen LogP contribution is 2.32. The first-order chi connectivity index (χ1) is 12.7. The number of aromatic nitrogens is 1. The lowest BCUT2D eigenvalue weighted by atomic mass is 9.99. The number of ether oxygens (including phenoxy) is 1. The molecular formula is C21H25N3O2. The maximum absolute atomic E-state index is 12.6. The number of nitrogens with one attached hydrogen (secondary N) is 1. The molecule has 4 rings (SSSR count). The number of fused-ring (bicyclic) bond motifs is 2. The number of likely N-dealkylation sites (tertiary alicyclic amines) is 1. The second-order valence-corrected chi connectivity index (χ2v) is 7.40. The molecule has 0 saturated carbocycles. The molecule has 2 fully saturated rings. The fraction of sp³-hybridized carbons (Fsp3) is 0.429. The van der Waals surface area contributed by atoms with Crippen LogP contribution < -0.4 is 5.32 Å². The molecule has 1 amide bonds. The SMILES string of the molecule is Cc1ccc(CN2C[C@H]3C[C@H](C(=O)NCc4cccnc4)[C@@H](C2)O3)cc1. The lowest BCUT2D eigenvalue weighted by Crippen LogP contribution is -2.44. The molecule has 2 aliphatic heterocycles. The fourth-order valence-corrected chi connectivity index (χ4v) is 3.92. The minimum Gasteiger partial charge on any atom is -0.371 e. The van der Waals surface area contributed by atoms with Gasteiger partial charge in [-0.1, -0.05) is 35.9 Å². The molecule has 26 heavy (non-hydrogen) atoms. The van der Waals surface area contributed by atoms with Crippen LogP contribution in [0.4, 0.5) is 0 Å². The maximum atomic E-state index is 12.6. The fourth-order valence-electron chi connectivity index (χ4n) is 3.92. The number of rotatable bonds is 5. The minimum atomic E-state index is -0.0558. The Hall–Kier alpha value is -2.24. The van der Waals surface area contributed by atoms with E-state index in [0.29, 0.717) is 6.54 Å². The van der Waals surface area contributed by atoms with Gasteiger partial charge in [-0.15, -0.1) is 0 Å². The van der Waals surface area contributed by atoms with Crippen molar-refractivity contribution in [3.8, 4) is 0 Å². The number of carbonyl (C=O) groups is 1. The summed E-state index contributed by atoms with van der Waals surface area (Å²) >= 11 is 0. The van der Waals surface area contributed by atoms with E-state index in [4.69, 9.17) is 4.74 Å². The van der Waals surface area contributed by atoms with Crippen LogP contribution in [0.1, 0.15) is 23.1 Å². The number of hydrogen-bond acceptors (Lipinski definition) is 4. The van der Waals surface area contributed by atoms with E-state index in [0.717, 1.165) is 31.6 Å². The van der Waals surface area contributed by atoms with Gasteiger partial charge < -0.3 is 10.1 Å². The molecule has 5 nitrogen and oxygen atoms in total. The zero-order valence-electron chi connectivity index (χ0n) is 15.1. The normalized spacial score (nSPS) is 25.2. The van der Waals surface area contributed by atoms with Crippen LogP contribution >= 0.6 is 0 Å². The number of carbonyl (C=O) groups excluding carboxylic acids is 1. The molecule has 3 heterocycles. The summed E-state index contributed by atoms with van der Waals surface area (Å²) in [7, 11) is 0. The lowest BCUT2D eigenvalue weighted by molar-refractivity contribution is -0.128. The van der Waals surface area contributed by atoms with Crippen LogP contribution in [-0.4, -0.2) is 41.1 Å². The van der Waals surface area contributed by atoms with E-state index in [2.05, 4.69) is 46.4 Å². The molecule has 1 aromatic carbocycles. The van der Waals surface area contributed by atoms with Crippen LogP contribution in [0.3, 0.4) is 0 Å². The Morgan fingerprint density at radius 2 is 2.08 bits per heavy atom. The van der Waals surface area contributed by atoms with Gasteiger partial charge in [-0.25, -0.2) is 0 Å². The number of aryl methyl sites for hydroxylation is 1. The predicted molar refractivity (Wildman–Crippen MR) is 99.3 cm³/mol. The Bertz CT molecular complexity index is 748. The number of benzene rings is 1. The minimum absolute atomic E-state index is 0.00639. The molecule has 2 bridgehead atoms. The first-order valence-electron chi connectivity index (χ1n) is 9.27. The highest BCUT2D eigenvalue weighted by atomic mass is 16.5. The van der Waals surface area contributed by atoms with Crippen LogP contribution in [0.25, 0.3) is 0 Å². The Balaban J connectivity index is 1.33. The summed E-state index contributed by atoms with van der Waals surface area (Å²) in [5.74, 6) is 0.0400. The van der Waals surface area contributed by atoms with Gasteiger partial charge in [0, 0.05) is 38.6 Å². The average molecular weight is 351 g/mol. The van der Waals surface area contributed by atoms with E-state index in [1.165, 1.54) is 11.1 Å². The smallest absolute Gasteiger partial charge is 0.226 e. The van der Waals surface area contributed by atoms with Gasteiger partial charge in [0.2, 0.25) is 5.91 Å². The van der Waals surface area contributed by atoms with Crippen LogP contribution in [0, 0.1) is 12.8 Å². The van der Waals surface area contributed by atoms with Gasteiger partial charge in [0.1, 0.15) is 0 Å². The van der Waals surface area contributed by atoms with Gasteiger partial charge in [0.25, 0.3) is 0 Å². The number of amides is 1. The summed E-state index contributed by atoms with van der Waals surface area (Å²) in [6.45, 7) is 5.26. The third-order valence-electron chi connectivity index (χ3n) is 5.29. The van der Waals surface area contributed by atoms with Crippen molar-refractivity contribution >= 4 is 5.91 Å². The Morgan fingerprint density at radius 3 is 2.85 bits per heavy atom. The second kappa shape index (κ2) is 7.56. The Morgan fingerprint density at radius 1 is 1.23 bits per heavy atom. The average Bonchev–Trinajstić information content (AvgIpc) is 2.97. The molecule has 2 saturated heterocycles. The number of nitrogens with zero attached hydrogens (tertiary/aromatic N) is 2. The number of pyridine rings is 1. The highest BCUT2D eigenvalue weighted by molar-refractivity contribution is 5.79. The molecule has 1 N–H and O–H groups in total. The van der Waals surface area contributed by atoms with Gasteiger partial charge >= 0.3 is 0 Å². The topological polar surface area (TPSA) is 54.5 Å². The number of hydrogen-bond donors (Lipinski definition) is 1. The second-order valence-electron chi connectivity index (χ2n) is 7.40. The summed E-state index contributed by atoms with van der Waals surface area (Å²) < 4.78 is 6.06. The third-order valence-corrected chi connectivity index (χ3v) is 5.29. The van der Waals surface area contributed by atoms with E-state index in [-0.39, 0.29) is 24.0 Å². The van der Waals surface area contributed by atoms with E-state index < -0.39 is 0 Å². The molecule has 0 spiro atoms. The third kappa shape index (κ3) is 3.94. The van der Waals surface area contributed by atoms with Crippen LogP contribution in [-0.2, 0) is 22.6 Å². The first-order valence-corrected chi connectivity index (χ1v) is 9.27. The molecule has 1 aromatic heterocycles. The van der Waals surface area contributed by atoms with Crippen molar-refractivity contribution in [2.45, 2.75) is 38.6 Å². The molecule has 5 heteroatoms. The zero-order valence-corrected chi connectivity index (χ0v) is 15.1. The summed E-state index contributed by atoms with van der Waals surface area (Å²) in [4.78, 5) is 19.1. The van der Waals surface area contributed by atoms with Crippen molar-refractivity contribution in [1.82, 2.24) is 15.2 Å². The maximum Gasteiger partial charge on any atom is 0.226 e. The van der Waals surface area contributed by atoms with Gasteiger partial charge in [-0.3, -0.25) is 14.7 Å². The lowest BCUT2D eigenvalue weighted by Gasteiger charge is -2.32. The van der Waals surface area contributed by atoms with E-state index in [9.17, 15) is 4.79 Å². The summed E-state index contributed by atoms with van der Waals surface area (Å²) in [6.07, 6.45) is 4.49. The summed E-state index contributed by atoms with van der Waals surface area (Å²) in [5.41, 5.74) is 3.61. The van der Waals surface area contributed by atoms with Gasteiger partial charge in [-0.05, 0) is 30.5 Å². The predicted octanol–water partition coefficient (Wildman–Crippen LogP) is 2.30. The quantitative estimate of drug-likeness (QED) is 0.898. The van der Waals surface area contributed by atoms with E-state index in [1.807, 2.05) is 12.1 Å². The van der Waals surface area contributed by atoms with Gasteiger partial charge in [0.05, 0.1) is 18.1 Å². The van der Waals surface area contributed by atoms with Crippen molar-refractivity contribution in [2.24, 2.45) is 5.92 Å². The largest absolute Gasteiger partial charge is 0.371 e. The van der Waals surface area contributed by atoms with Crippen LogP contribution in [0.2, 0.25) is 0 Å². The molecule has 0 unspecified atom stereocenters. The van der Waals surface area contributed by atoms with Gasteiger partial charge in [-0.2, -0.15) is 0 Å². The molecular weight excluding hydrogens is 326 g/mol. The molecule has 2 aromatic rings. The molecule has 136 valence electrons. The van der Waals surface area contributed by atoms with Crippen molar-refractivity contribution in [2.75, 3.05) is 13.1 Å². The van der Waals surface area contributed by atoms with E-state index in [1.54, 1.807) is 12.4 Å². The Kier molecular flexibility index (Phi) is 5.00. The van der Waals surface area contributed by atoms with Crippen molar-refractivity contribution in [1.29, 1.82) is 0 Å². The molecule has 2 aliphatic rings. The zero-order chi connectivity index (χ0) is 17.9. The highest BCUT2D eigenvalue weighted by Gasteiger charge is 2.44. The van der Waals surface area contributed by atoms with Gasteiger partial charge in [0.15, 0.2) is 0 Å². The molecule has 3 atom stereocenters.